The Hall–Kier alpha value is -2.08. The van der Waals surface area contributed by atoms with Gasteiger partial charge in [0.15, 0.2) is 0 Å². The Morgan fingerprint density at radius 1 is 1.24 bits per heavy atom. The van der Waals surface area contributed by atoms with Crippen molar-refractivity contribution < 1.29 is 14.3 Å². The molecule has 0 saturated carbocycles. The Morgan fingerprint density at radius 2 is 1.94 bits per heavy atom. The number of hydrogen-bond donors (Lipinski definition) is 3. The number of imide groups is 1. The molecule has 0 spiro atoms. The molecule has 6 heteroatoms. The van der Waals surface area contributed by atoms with Gasteiger partial charge >= 0.3 is 6.03 Å². The lowest BCUT2D eigenvalue weighted by Crippen LogP contribution is -2.41. The number of para-hydroxylation sites is 1. The summed E-state index contributed by atoms with van der Waals surface area (Å²) < 4.78 is 5.38. The van der Waals surface area contributed by atoms with E-state index in [1.54, 1.807) is 0 Å². The zero-order valence-corrected chi connectivity index (χ0v) is 9.31. The van der Waals surface area contributed by atoms with E-state index < -0.39 is 11.9 Å². The summed E-state index contributed by atoms with van der Waals surface area (Å²) in [6.07, 6.45) is 0. The van der Waals surface area contributed by atoms with Gasteiger partial charge in [-0.1, -0.05) is 18.2 Å². The predicted molar refractivity (Wildman–Crippen MR) is 62.5 cm³/mol. The molecule has 4 N–H and O–H groups in total. The van der Waals surface area contributed by atoms with Gasteiger partial charge in [0.25, 0.3) is 0 Å². The minimum atomic E-state index is -0.850. The van der Waals surface area contributed by atoms with Crippen molar-refractivity contribution in [2.75, 3.05) is 19.7 Å². The van der Waals surface area contributed by atoms with Crippen molar-refractivity contribution in [1.82, 2.24) is 10.6 Å². The molecule has 0 saturated heterocycles. The summed E-state index contributed by atoms with van der Waals surface area (Å²) in [5, 5.41) is 4.76. The van der Waals surface area contributed by atoms with Gasteiger partial charge < -0.3 is 15.8 Å². The van der Waals surface area contributed by atoms with Gasteiger partial charge in [-0.05, 0) is 12.1 Å². The second-order valence-corrected chi connectivity index (χ2v) is 3.25. The quantitative estimate of drug-likeness (QED) is 0.600. The summed E-state index contributed by atoms with van der Waals surface area (Å²) in [7, 11) is 0. The lowest BCUT2D eigenvalue weighted by atomic mass is 10.3. The van der Waals surface area contributed by atoms with Crippen LogP contribution in [0.1, 0.15) is 0 Å². The number of rotatable bonds is 6. The van der Waals surface area contributed by atoms with Crippen LogP contribution in [0.2, 0.25) is 0 Å². The minimum absolute atomic E-state index is 0.0289. The molecule has 92 valence electrons. The lowest BCUT2D eigenvalue weighted by molar-refractivity contribution is -0.119. The van der Waals surface area contributed by atoms with Gasteiger partial charge in [-0.15, -0.1) is 0 Å². The lowest BCUT2D eigenvalue weighted by Gasteiger charge is -2.06. The van der Waals surface area contributed by atoms with Crippen molar-refractivity contribution in [2.24, 2.45) is 5.73 Å². The van der Waals surface area contributed by atoms with Gasteiger partial charge in [-0.25, -0.2) is 4.79 Å². The Balaban J connectivity index is 2.05. The van der Waals surface area contributed by atoms with E-state index in [0.29, 0.717) is 13.2 Å². The van der Waals surface area contributed by atoms with Crippen LogP contribution in [-0.2, 0) is 4.79 Å². The van der Waals surface area contributed by atoms with Gasteiger partial charge in [0, 0.05) is 6.54 Å². The molecule has 0 aliphatic heterocycles. The topological polar surface area (TPSA) is 93.5 Å². The normalized spacial score (nSPS) is 9.65. The van der Waals surface area contributed by atoms with Crippen LogP contribution in [0.5, 0.6) is 5.75 Å². The molecule has 3 amide bonds. The molecule has 0 aromatic heterocycles. The monoisotopic (exact) mass is 237 g/mol. The molecule has 1 rings (SSSR count). The molecule has 6 nitrogen and oxygen atoms in total. The number of nitrogens with one attached hydrogen (secondary N) is 2. The molecule has 0 aliphatic rings. The highest BCUT2D eigenvalue weighted by atomic mass is 16.5. The maximum atomic E-state index is 11.0. The number of amides is 3. The smallest absolute Gasteiger partial charge is 0.318 e. The Kier molecular flexibility index (Phi) is 5.53. The summed E-state index contributed by atoms with van der Waals surface area (Å²) in [6, 6.07) is 8.50. The third-order valence-electron chi connectivity index (χ3n) is 1.84. The number of urea groups is 1. The molecule has 0 heterocycles. The first-order valence-electron chi connectivity index (χ1n) is 5.16. The average Bonchev–Trinajstić information content (AvgIpc) is 2.29. The molecule has 0 fully saturated rings. The Morgan fingerprint density at radius 3 is 2.59 bits per heavy atom. The highest BCUT2D eigenvalue weighted by Crippen LogP contribution is 2.07. The zero-order valence-electron chi connectivity index (χ0n) is 9.31. The van der Waals surface area contributed by atoms with Crippen LogP contribution >= 0.6 is 0 Å². The standard InChI is InChI=1S/C11H15N3O3/c12-11(16)14-10(15)8-13-6-7-17-9-4-2-1-3-5-9/h1-5,13H,6-8H2,(H3,12,14,15,16). The fourth-order valence-electron chi connectivity index (χ4n) is 1.14. The first-order chi connectivity index (χ1) is 8.18. The highest BCUT2D eigenvalue weighted by Gasteiger charge is 2.02. The first kappa shape index (κ1) is 13.0. The van der Waals surface area contributed by atoms with Crippen LogP contribution in [0.4, 0.5) is 4.79 Å². The highest BCUT2D eigenvalue weighted by molar-refractivity contribution is 5.94. The number of carbonyl (C=O) groups excluding carboxylic acids is 2. The third-order valence-corrected chi connectivity index (χ3v) is 1.84. The fraction of sp³-hybridized carbons (Fsp3) is 0.273. The molecular weight excluding hydrogens is 222 g/mol. The number of benzene rings is 1. The number of nitrogens with two attached hydrogens (primary N) is 1. The number of ether oxygens (including phenoxy) is 1. The van der Waals surface area contributed by atoms with Crippen molar-refractivity contribution in [3.8, 4) is 5.75 Å². The molecule has 0 atom stereocenters. The van der Waals surface area contributed by atoms with E-state index in [-0.39, 0.29) is 6.54 Å². The maximum Gasteiger partial charge on any atom is 0.318 e. The van der Waals surface area contributed by atoms with Crippen LogP contribution in [0.3, 0.4) is 0 Å². The number of hydrogen-bond acceptors (Lipinski definition) is 4. The third kappa shape index (κ3) is 6.16. The van der Waals surface area contributed by atoms with E-state index >= 15 is 0 Å². The molecule has 0 bridgehead atoms. The Bertz CT molecular complexity index is 367. The fourth-order valence-corrected chi connectivity index (χ4v) is 1.14. The van der Waals surface area contributed by atoms with Crippen LogP contribution in [0, 0.1) is 0 Å². The molecule has 17 heavy (non-hydrogen) atoms. The molecule has 0 radical (unpaired) electrons. The minimum Gasteiger partial charge on any atom is -0.492 e. The van der Waals surface area contributed by atoms with Gasteiger partial charge in [0.1, 0.15) is 12.4 Å². The summed E-state index contributed by atoms with van der Waals surface area (Å²) in [4.78, 5) is 21.3. The van der Waals surface area contributed by atoms with E-state index in [1.807, 2.05) is 35.6 Å². The van der Waals surface area contributed by atoms with Crippen molar-refractivity contribution in [1.29, 1.82) is 0 Å². The second-order valence-electron chi connectivity index (χ2n) is 3.25. The second kappa shape index (κ2) is 7.24. The van der Waals surface area contributed by atoms with Gasteiger partial charge in [-0.2, -0.15) is 0 Å². The largest absolute Gasteiger partial charge is 0.492 e. The van der Waals surface area contributed by atoms with Gasteiger partial charge in [0.05, 0.1) is 6.54 Å². The van der Waals surface area contributed by atoms with Crippen LogP contribution in [0.25, 0.3) is 0 Å². The summed E-state index contributed by atoms with van der Waals surface area (Å²) >= 11 is 0. The summed E-state index contributed by atoms with van der Waals surface area (Å²) in [5.74, 6) is 0.313. The molecule has 0 unspecified atom stereocenters. The molecular formula is C11H15N3O3. The van der Waals surface area contributed by atoms with Crippen molar-refractivity contribution in [2.45, 2.75) is 0 Å². The predicted octanol–water partition coefficient (Wildman–Crippen LogP) is -0.150. The first-order valence-corrected chi connectivity index (χ1v) is 5.16. The Labute approximate surface area is 99.1 Å². The van der Waals surface area contributed by atoms with Gasteiger partial charge in [0.2, 0.25) is 5.91 Å². The van der Waals surface area contributed by atoms with Crippen LogP contribution < -0.4 is 21.1 Å². The number of primary amides is 1. The maximum absolute atomic E-state index is 11.0. The van der Waals surface area contributed by atoms with Crippen LogP contribution in [-0.4, -0.2) is 31.6 Å². The SMILES string of the molecule is NC(=O)NC(=O)CNCCOc1ccccc1. The molecule has 1 aromatic carbocycles. The van der Waals surface area contributed by atoms with E-state index in [0.717, 1.165) is 5.75 Å². The van der Waals surface area contributed by atoms with Crippen molar-refractivity contribution >= 4 is 11.9 Å². The zero-order chi connectivity index (χ0) is 12.5. The average molecular weight is 237 g/mol. The van der Waals surface area contributed by atoms with E-state index in [1.165, 1.54) is 0 Å². The van der Waals surface area contributed by atoms with Crippen molar-refractivity contribution in [3.05, 3.63) is 30.3 Å². The van der Waals surface area contributed by atoms with E-state index in [2.05, 4.69) is 5.32 Å². The molecule has 0 aliphatic carbocycles. The van der Waals surface area contributed by atoms with E-state index in [4.69, 9.17) is 10.5 Å². The summed E-state index contributed by atoms with van der Waals surface area (Å²) in [6.45, 7) is 0.968. The van der Waals surface area contributed by atoms with Crippen molar-refractivity contribution in [3.63, 3.8) is 0 Å². The summed E-state index contributed by atoms with van der Waals surface area (Å²) in [5.41, 5.74) is 4.78. The van der Waals surface area contributed by atoms with E-state index in [9.17, 15) is 9.59 Å². The van der Waals surface area contributed by atoms with Crippen LogP contribution in [0.15, 0.2) is 30.3 Å². The van der Waals surface area contributed by atoms with Gasteiger partial charge in [-0.3, -0.25) is 10.1 Å². The number of carbonyl (C=O) groups is 2. The molecule has 1 aromatic rings.